The van der Waals surface area contributed by atoms with E-state index in [-0.39, 0.29) is 0 Å². The molecule has 3 heterocycles. The zero-order chi connectivity index (χ0) is 21.7. The van der Waals surface area contributed by atoms with Crippen molar-refractivity contribution in [3.63, 3.8) is 0 Å². The number of aryl methyl sites for hydroxylation is 1. The van der Waals surface area contributed by atoms with Crippen LogP contribution in [0.2, 0.25) is 0 Å². The van der Waals surface area contributed by atoms with Crippen LogP contribution in [0.4, 0.5) is 5.13 Å². The van der Waals surface area contributed by atoms with Crippen molar-refractivity contribution in [2.75, 3.05) is 24.5 Å². The zero-order valence-corrected chi connectivity index (χ0v) is 19.8. The molecule has 1 aliphatic carbocycles. The van der Waals surface area contributed by atoms with Crippen molar-refractivity contribution in [2.24, 2.45) is 11.8 Å². The average molecular weight is 446 g/mol. The van der Waals surface area contributed by atoms with Crippen LogP contribution in [0.15, 0.2) is 35.7 Å². The summed E-state index contributed by atoms with van der Waals surface area (Å²) in [5.74, 6) is 2.82. The van der Waals surface area contributed by atoms with Gasteiger partial charge in [0.25, 0.3) is 0 Å². The molecule has 0 radical (unpaired) electrons. The van der Waals surface area contributed by atoms with Gasteiger partial charge in [-0.05, 0) is 85.9 Å². The van der Waals surface area contributed by atoms with E-state index < -0.39 is 0 Å². The minimum absolute atomic E-state index is 0.592. The first kappa shape index (κ1) is 20.3. The fourth-order valence-corrected chi connectivity index (χ4v) is 6.25. The zero-order valence-electron chi connectivity index (χ0n) is 19.0. The van der Waals surface area contributed by atoms with E-state index >= 15 is 0 Å². The van der Waals surface area contributed by atoms with Gasteiger partial charge in [0.05, 0.1) is 5.69 Å². The molecule has 3 aromatic rings. The smallest absolute Gasteiger partial charge is 0.185 e. The number of hydrogen-bond acceptors (Lipinski definition) is 5. The highest BCUT2D eigenvalue weighted by Crippen LogP contribution is 2.46. The maximum Gasteiger partial charge on any atom is 0.185 e. The third kappa shape index (κ3) is 3.82. The lowest BCUT2D eigenvalue weighted by atomic mass is 9.93. The van der Waals surface area contributed by atoms with Gasteiger partial charge in [-0.15, -0.1) is 11.3 Å². The lowest BCUT2D eigenvalue weighted by Gasteiger charge is -2.25. The van der Waals surface area contributed by atoms with Crippen LogP contribution in [0, 0.1) is 25.7 Å². The molecule has 2 unspecified atom stereocenters. The molecule has 0 bridgehead atoms. The number of thiazole rings is 1. The number of piperidine rings is 1. The van der Waals surface area contributed by atoms with E-state index in [2.05, 4.69) is 59.8 Å². The van der Waals surface area contributed by atoms with Gasteiger partial charge in [-0.25, -0.2) is 4.98 Å². The Balaban J connectivity index is 1.24. The highest BCUT2D eigenvalue weighted by atomic mass is 32.1. The Morgan fingerprint density at radius 1 is 1.19 bits per heavy atom. The number of nitrogens with zero attached hydrogens (tertiary/aromatic N) is 2. The van der Waals surface area contributed by atoms with Gasteiger partial charge in [0.1, 0.15) is 12.4 Å². The number of benzene rings is 2. The molecule has 1 N–H and O–H groups in total. The van der Waals surface area contributed by atoms with Gasteiger partial charge in [-0.3, -0.25) is 0 Å². The minimum Gasteiger partial charge on any atom is -0.488 e. The van der Waals surface area contributed by atoms with E-state index in [9.17, 15) is 0 Å². The first-order valence-electron chi connectivity index (χ1n) is 11.9. The second-order valence-corrected chi connectivity index (χ2v) is 10.5. The van der Waals surface area contributed by atoms with Gasteiger partial charge in [0.15, 0.2) is 5.13 Å². The number of aromatic nitrogens is 1. The standard InChI is InChI=1S/C27H31N3OS/c1-17-3-6-26(31-15-21-5-4-20-13-28-9-7-23(20)18(21)2)24(11-17)25-16-32-27(29-25)30-10-8-19-12-22(19)14-30/h3-6,11,16,19,22,28H,7-10,12-15H2,1-2H3. The Morgan fingerprint density at radius 2 is 2.12 bits per heavy atom. The molecule has 0 amide bonds. The predicted molar refractivity (Wildman–Crippen MR) is 132 cm³/mol. The molecule has 2 aliphatic heterocycles. The maximum absolute atomic E-state index is 6.42. The highest BCUT2D eigenvalue weighted by Gasteiger charge is 2.42. The van der Waals surface area contributed by atoms with Crippen LogP contribution >= 0.6 is 11.3 Å². The van der Waals surface area contributed by atoms with Gasteiger partial charge in [0, 0.05) is 30.6 Å². The number of ether oxygens (including phenoxy) is 1. The van der Waals surface area contributed by atoms with Crippen LogP contribution in [0.5, 0.6) is 5.75 Å². The molecule has 6 rings (SSSR count). The Hall–Kier alpha value is -2.37. The van der Waals surface area contributed by atoms with Crippen LogP contribution in [0.25, 0.3) is 11.3 Å². The summed E-state index contributed by atoms with van der Waals surface area (Å²) in [7, 11) is 0. The lowest BCUT2D eigenvalue weighted by molar-refractivity contribution is 0.306. The molecule has 5 heteroatoms. The van der Waals surface area contributed by atoms with E-state index in [0.717, 1.165) is 60.0 Å². The van der Waals surface area contributed by atoms with Gasteiger partial charge in [-0.2, -0.15) is 0 Å². The van der Waals surface area contributed by atoms with Crippen LogP contribution < -0.4 is 15.0 Å². The van der Waals surface area contributed by atoms with E-state index in [1.807, 2.05) is 0 Å². The molecule has 32 heavy (non-hydrogen) atoms. The fourth-order valence-electron chi connectivity index (χ4n) is 5.38. The molecular weight excluding hydrogens is 414 g/mol. The molecular formula is C27H31N3OS. The van der Waals surface area contributed by atoms with Crippen molar-refractivity contribution in [3.05, 3.63) is 63.5 Å². The largest absolute Gasteiger partial charge is 0.488 e. The lowest BCUT2D eigenvalue weighted by Crippen LogP contribution is -2.31. The van der Waals surface area contributed by atoms with Crippen molar-refractivity contribution in [2.45, 2.75) is 46.3 Å². The first-order valence-corrected chi connectivity index (χ1v) is 12.8. The van der Waals surface area contributed by atoms with Gasteiger partial charge in [-0.1, -0.05) is 23.8 Å². The van der Waals surface area contributed by atoms with Crippen molar-refractivity contribution < 1.29 is 4.74 Å². The summed E-state index contributed by atoms with van der Waals surface area (Å²) in [5.41, 5.74) is 8.97. The SMILES string of the molecule is Cc1ccc(OCc2ccc3c(c2C)CCNC3)c(-c2csc(N3CCC4CC4C3)n2)c1. The summed E-state index contributed by atoms with van der Waals surface area (Å²) < 4.78 is 6.42. The van der Waals surface area contributed by atoms with E-state index in [1.54, 1.807) is 11.3 Å². The molecule has 2 fully saturated rings. The second-order valence-electron chi connectivity index (χ2n) is 9.71. The highest BCUT2D eigenvalue weighted by molar-refractivity contribution is 7.14. The van der Waals surface area contributed by atoms with Gasteiger partial charge >= 0.3 is 0 Å². The third-order valence-corrected chi connectivity index (χ3v) is 8.43. The molecule has 1 saturated heterocycles. The Labute approximate surface area is 194 Å². The van der Waals surface area contributed by atoms with Crippen LogP contribution in [-0.4, -0.2) is 24.6 Å². The Bertz CT molecular complexity index is 1150. The Kier molecular flexibility index (Phi) is 5.19. The van der Waals surface area contributed by atoms with Crippen molar-refractivity contribution in [1.82, 2.24) is 10.3 Å². The summed E-state index contributed by atoms with van der Waals surface area (Å²) in [6.07, 6.45) is 3.85. The van der Waals surface area contributed by atoms with Gasteiger partial charge in [0.2, 0.25) is 0 Å². The number of nitrogens with one attached hydrogen (secondary N) is 1. The van der Waals surface area contributed by atoms with Crippen LogP contribution in [-0.2, 0) is 19.6 Å². The van der Waals surface area contributed by atoms with Crippen LogP contribution in [0.1, 0.15) is 40.7 Å². The quantitative estimate of drug-likeness (QED) is 0.563. The Morgan fingerprint density at radius 3 is 3.03 bits per heavy atom. The summed E-state index contributed by atoms with van der Waals surface area (Å²) in [5, 5.41) is 6.83. The molecule has 1 aromatic heterocycles. The molecule has 0 spiro atoms. The fraction of sp³-hybridized carbons (Fsp3) is 0.444. The maximum atomic E-state index is 6.42. The third-order valence-electron chi connectivity index (χ3n) is 7.53. The van der Waals surface area contributed by atoms with Crippen LogP contribution in [0.3, 0.4) is 0 Å². The number of rotatable bonds is 5. The van der Waals surface area contributed by atoms with Gasteiger partial charge < -0.3 is 15.0 Å². The van der Waals surface area contributed by atoms with Crippen molar-refractivity contribution >= 4 is 16.5 Å². The normalized spacial score (nSPS) is 21.8. The van der Waals surface area contributed by atoms with E-state index in [0.29, 0.717) is 6.61 Å². The molecule has 2 atom stereocenters. The number of fused-ring (bicyclic) bond motifs is 2. The average Bonchev–Trinajstić information content (AvgIpc) is 3.43. The molecule has 2 aromatic carbocycles. The van der Waals surface area contributed by atoms with E-state index in [4.69, 9.17) is 9.72 Å². The number of hydrogen-bond donors (Lipinski definition) is 1. The second kappa shape index (κ2) is 8.20. The molecule has 3 aliphatic rings. The summed E-state index contributed by atoms with van der Waals surface area (Å²) >= 11 is 1.77. The monoisotopic (exact) mass is 445 g/mol. The van der Waals surface area contributed by atoms with Crippen molar-refractivity contribution in [1.29, 1.82) is 0 Å². The summed E-state index contributed by atoms with van der Waals surface area (Å²) in [4.78, 5) is 7.54. The minimum atomic E-state index is 0.592. The predicted octanol–water partition coefficient (Wildman–Crippen LogP) is 5.50. The first-order chi connectivity index (χ1) is 15.7. The number of anilines is 1. The van der Waals surface area contributed by atoms with Crippen molar-refractivity contribution in [3.8, 4) is 17.0 Å². The topological polar surface area (TPSA) is 37.4 Å². The molecule has 166 valence electrons. The summed E-state index contributed by atoms with van der Waals surface area (Å²) in [6, 6.07) is 11.0. The molecule has 1 saturated carbocycles. The summed E-state index contributed by atoms with van der Waals surface area (Å²) in [6.45, 7) is 9.35. The molecule has 4 nitrogen and oxygen atoms in total. The van der Waals surface area contributed by atoms with E-state index in [1.165, 1.54) is 47.2 Å².